The van der Waals surface area contributed by atoms with E-state index in [2.05, 4.69) is 39.0 Å². The van der Waals surface area contributed by atoms with Gasteiger partial charge in [-0.3, -0.25) is 0 Å². The molecule has 0 aliphatic heterocycles. The molecule has 1 fully saturated rings. The molecule has 1 aromatic rings. The maximum atomic E-state index is 6.32. The fraction of sp³-hybridized carbons (Fsp3) is 0.667. The van der Waals surface area contributed by atoms with Gasteiger partial charge in [-0.05, 0) is 49.3 Å². The van der Waals surface area contributed by atoms with Crippen molar-refractivity contribution in [1.82, 2.24) is 0 Å². The summed E-state index contributed by atoms with van der Waals surface area (Å²) in [4.78, 5) is 0. The monoisotopic (exact) mass is 275 g/mol. The molecular formula is C18H29NO. The third kappa shape index (κ3) is 3.99. The van der Waals surface area contributed by atoms with Crippen LogP contribution in [-0.2, 0) is 0 Å². The van der Waals surface area contributed by atoms with E-state index in [0.717, 1.165) is 18.6 Å². The van der Waals surface area contributed by atoms with Crippen LogP contribution in [0.15, 0.2) is 18.2 Å². The zero-order chi connectivity index (χ0) is 14.5. The summed E-state index contributed by atoms with van der Waals surface area (Å²) in [6, 6.07) is 6.74. The quantitative estimate of drug-likeness (QED) is 0.878. The Morgan fingerprint density at radius 3 is 2.50 bits per heavy atom. The summed E-state index contributed by atoms with van der Waals surface area (Å²) in [7, 11) is 0. The topological polar surface area (TPSA) is 35.2 Å². The Labute approximate surface area is 123 Å². The summed E-state index contributed by atoms with van der Waals surface area (Å²) in [6.45, 7) is 6.56. The van der Waals surface area contributed by atoms with Gasteiger partial charge in [0.2, 0.25) is 0 Å². The number of rotatable bonds is 3. The van der Waals surface area contributed by atoms with Crippen LogP contribution < -0.4 is 10.5 Å². The maximum Gasteiger partial charge on any atom is 0.122 e. The highest BCUT2D eigenvalue weighted by Gasteiger charge is 2.21. The Kier molecular flexibility index (Phi) is 5.47. The standard InChI is InChI=1S/C18H29NO/c1-13(2)15-11-10-14(3)18(12-15)20-17-9-7-5-4-6-8-16(17)19/h10-13,16-17H,4-9,19H2,1-3H3. The first-order valence-corrected chi connectivity index (χ1v) is 8.10. The van der Waals surface area contributed by atoms with Gasteiger partial charge in [0.1, 0.15) is 11.9 Å². The molecule has 2 unspecified atom stereocenters. The van der Waals surface area contributed by atoms with Crippen molar-refractivity contribution in [2.75, 3.05) is 0 Å². The Bertz CT molecular complexity index is 427. The maximum absolute atomic E-state index is 6.32. The minimum Gasteiger partial charge on any atom is -0.489 e. The molecule has 2 N–H and O–H groups in total. The molecule has 0 amide bonds. The average molecular weight is 275 g/mol. The molecule has 0 aromatic heterocycles. The predicted molar refractivity (Wildman–Crippen MR) is 85.4 cm³/mol. The van der Waals surface area contributed by atoms with E-state index in [1.54, 1.807) is 0 Å². The normalized spacial score (nSPS) is 24.2. The van der Waals surface area contributed by atoms with Gasteiger partial charge in [-0.2, -0.15) is 0 Å². The van der Waals surface area contributed by atoms with Crippen molar-refractivity contribution >= 4 is 0 Å². The number of aryl methyl sites for hydroxylation is 1. The van der Waals surface area contributed by atoms with Gasteiger partial charge in [0, 0.05) is 6.04 Å². The summed E-state index contributed by atoms with van der Waals surface area (Å²) >= 11 is 0. The zero-order valence-electron chi connectivity index (χ0n) is 13.2. The van der Waals surface area contributed by atoms with Crippen LogP contribution in [0.1, 0.15) is 69.4 Å². The molecule has 2 rings (SSSR count). The molecule has 0 bridgehead atoms. The number of benzene rings is 1. The Morgan fingerprint density at radius 2 is 1.80 bits per heavy atom. The van der Waals surface area contributed by atoms with Crippen molar-refractivity contribution < 1.29 is 4.74 Å². The highest BCUT2D eigenvalue weighted by Crippen LogP contribution is 2.28. The second-order valence-corrected chi connectivity index (χ2v) is 6.49. The molecule has 1 aliphatic rings. The lowest BCUT2D eigenvalue weighted by Gasteiger charge is -2.28. The van der Waals surface area contributed by atoms with E-state index in [1.165, 1.54) is 36.8 Å². The Morgan fingerprint density at radius 1 is 1.10 bits per heavy atom. The summed E-state index contributed by atoms with van der Waals surface area (Å²) in [5.41, 5.74) is 8.87. The lowest BCUT2D eigenvalue weighted by molar-refractivity contribution is 0.144. The first-order chi connectivity index (χ1) is 9.58. The van der Waals surface area contributed by atoms with Crippen molar-refractivity contribution in [3.05, 3.63) is 29.3 Å². The van der Waals surface area contributed by atoms with E-state index in [-0.39, 0.29) is 12.1 Å². The molecule has 0 saturated heterocycles. The van der Waals surface area contributed by atoms with Gasteiger partial charge in [-0.1, -0.05) is 45.2 Å². The van der Waals surface area contributed by atoms with Crippen LogP contribution in [-0.4, -0.2) is 12.1 Å². The van der Waals surface area contributed by atoms with Gasteiger partial charge in [0.15, 0.2) is 0 Å². The summed E-state index contributed by atoms with van der Waals surface area (Å²) in [6.07, 6.45) is 7.48. The van der Waals surface area contributed by atoms with Crippen LogP contribution >= 0.6 is 0 Å². The second-order valence-electron chi connectivity index (χ2n) is 6.49. The van der Waals surface area contributed by atoms with Crippen LogP contribution in [0.4, 0.5) is 0 Å². The molecule has 1 aliphatic carbocycles. The van der Waals surface area contributed by atoms with E-state index in [9.17, 15) is 0 Å². The number of hydrogen-bond acceptors (Lipinski definition) is 2. The molecule has 20 heavy (non-hydrogen) atoms. The SMILES string of the molecule is Cc1ccc(C(C)C)cc1OC1CCCCCCC1N. The second kappa shape index (κ2) is 7.12. The van der Waals surface area contributed by atoms with E-state index >= 15 is 0 Å². The lowest BCUT2D eigenvalue weighted by Crippen LogP contribution is -2.39. The third-order valence-electron chi connectivity index (χ3n) is 4.41. The first kappa shape index (κ1) is 15.4. The van der Waals surface area contributed by atoms with Crippen molar-refractivity contribution in [2.45, 2.75) is 77.4 Å². The van der Waals surface area contributed by atoms with Crippen LogP contribution in [0.2, 0.25) is 0 Å². The van der Waals surface area contributed by atoms with Crippen molar-refractivity contribution in [3.8, 4) is 5.75 Å². The molecule has 0 spiro atoms. The van der Waals surface area contributed by atoms with Gasteiger partial charge in [0.25, 0.3) is 0 Å². The minimum absolute atomic E-state index is 0.177. The van der Waals surface area contributed by atoms with Crippen molar-refractivity contribution in [1.29, 1.82) is 0 Å². The molecule has 2 atom stereocenters. The number of hydrogen-bond donors (Lipinski definition) is 1. The average Bonchev–Trinajstić information content (AvgIpc) is 2.40. The molecule has 1 aromatic carbocycles. The van der Waals surface area contributed by atoms with Crippen LogP contribution in [0.25, 0.3) is 0 Å². The molecule has 0 radical (unpaired) electrons. The van der Waals surface area contributed by atoms with Gasteiger partial charge in [0.05, 0.1) is 0 Å². The minimum atomic E-state index is 0.177. The predicted octanol–water partition coefficient (Wildman–Crippen LogP) is 4.55. The lowest BCUT2D eigenvalue weighted by atomic mass is 9.94. The van der Waals surface area contributed by atoms with Crippen LogP contribution in [0, 0.1) is 6.92 Å². The Balaban J connectivity index is 2.12. The number of nitrogens with two attached hydrogens (primary N) is 1. The van der Waals surface area contributed by atoms with Crippen LogP contribution in [0.5, 0.6) is 5.75 Å². The highest BCUT2D eigenvalue weighted by atomic mass is 16.5. The summed E-state index contributed by atoms with van der Waals surface area (Å²) < 4.78 is 6.30. The smallest absolute Gasteiger partial charge is 0.122 e. The highest BCUT2D eigenvalue weighted by molar-refractivity contribution is 5.38. The summed E-state index contributed by atoms with van der Waals surface area (Å²) in [5, 5.41) is 0. The van der Waals surface area contributed by atoms with E-state index in [4.69, 9.17) is 10.5 Å². The summed E-state index contributed by atoms with van der Waals surface area (Å²) in [5.74, 6) is 1.56. The largest absolute Gasteiger partial charge is 0.489 e. The first-order valence-electron chi connectivity index (χ1n) is 8.10. The Hall–Kier alpha value is -1.02. The molecule has 2 heteroatoms. The molecule has 1 saturated carbocycles. The third-order valence-corrected chi connectivity index (χ3v) is 4.41. The van der Waals surface area contributed by atoms with Gasteiger partial charge in [-0.15, -0.1) is 0 Å². The molecule has 2 nitrogen and oxygen atoms in total. The zero-order valence-corrected chi connectivity index (χ0v) is 13.2. The molecular weight excluding hydrogens is 246 g/mol. The van der Waals surface area contributed by atoms with Gasteiger partial charge >= 0.3 is 0 Å². The van der Waals surface area contributed by atoms with Crippen LogP contribution in [0.3, 0.4) is 0 Å². The van der Waals surface area contributed by atoms with Crippen molar-refractivity contribution in [3.63, 3.8) is 0 Å². The fourth-order valence-electron chi connectivity index (χ4n) is 2.89. The van der Waals surface area contributed by atoms with E-state index in [0.29, 0.717) is 5.92 Å². The van der Waals surface area contributed by atoms with E-state index < -0.39 is 0 Å². The van der Waals surface area contributed by atoms with Crippen molar-refractivity contribution in [2.24, 2.45) is 5.73 Å². The number of ether oxygens (including phenoxy) is 1. The molecule has 112 valence electrons. The van der Waals surface area contributed by atoms with Gasteiger partial charge in [-0.25, -0.2) is 0 Å². The van der Waals surface area contributed by atoms with Gasteiger partial charge < -0.3 is 10.5 Å². The van der Waals surface area contributed by atoms with E-state index in [1.807, 2.05) is 0 Å². The fourth-order valence-corrected chi connectivity index (χ4v) is 2.89. The molecule has 0 heterocycles.